The average molecular weight is 322 g/mol. The van der Waals surface area contributed by atoms with Gasteiger partial charge in [0.05, 0.1) is 11.1 Å². The molecule has 24 heavy (non-hydrogen) atoms. The molecule has 0 amide bonds. The Labute approximate surface area is 141 Å². The summed E-state index contributed by atoms with van der Waals surface area (Å²) in [6, 6.07) is 15.0. The lowest BCUT2D eigenvalue weighted by Gasteiger charge is -2.15. The van der Waals surface area contributed by atoms with Crippen molar-refractivity contribution in [3.8, 4) is 17.1 Å². The molecule has 1 atom stereocenters. The molecule has 124 valence electrons. The topological polar surface area (TPSA) is 84.1 Å². The highest BCUT2D eigenvalue weighted by Gasteiger charge is 2.12. The lowest BCUT2D eigenvalue weighted by Crippen LogP contribution is -2.29. The molecule has 1 aromatic heterocycles. The third-order valence-electron chi connectivity index (χ3n) is 3.94. The molecule has 0 saturated carbocycles. The summed E-state index contributed by atoms with van der Waals surface area (Å²) in [7, 11) is 0. The van der Waals surface area contributed by atoms with Gasteiger partial charge in [-0.2, -0.15) is 0 Å². The molecule has 3 aromatic rings. The van der Waals surface area contributed by atoms with Crippen LogP contribution in [0.25, 0.3) is 22.3 Å². The van der Waals surface area contributed by atoms with Gasteiger partial charge in [0.15, 0.2) is 5.82 Å². The number of hydrogen-bond donors (Lipinski definition) is 3. The van der Waals surface area contributed by atoms with Crippen LogP contribution in [0.4, 0.5) is 5.82 Å². The largest absolute Gasteiger partial charge is 0.507 e. The number of aromatic nitrogens is 2. The smallest absolute Gasteiger partial charge is 0.165 e. The van der Waals surface area contributed by atoms with E-state index in [0.717, 1.165) is 29.6 Å². The zero-order valence-corrected chi connectivity index (χ0v) is 13.7. The van der Waals surface area contributed by atoms with Gasteiger partial charge in [-0.25, -0.2) is 9.97 Å². The van der Waals surface area contributed by atoms with Gasteiger partial charge in [0, 0.05) is 18.0 Å². The van der Waals surface area contributed by atoms with Crippen molar-refractivity contribution in [1.82, 2.24) is 9.97 Å². The van der Waals surface area contributed by atoms with Crippen molar-refractivity contribution in [2.75, 3.05) is 11.9 Å². The van der Waals surface area contributed by atoms with Gasteiger partial charge in [-0.3, -0.25) is 0 Å². The number of phenolic OH excluding ortho intramolecular Hbond substituents is 1. The van der Waals surface area contributed by atoms with Crippen molar-refractivity contribution >= 4 is 16.7 Å². The maximum atomic E-state index is 10.1. The number of nitrogens with two attached hydrogens (primary N) is 1. The van der Waals surface area contributed by atoms with Crippen LogP contribution < -0.4 is 11.1 Å². The maximum absolute atomic E-state index is 10.1. The van der Waals surface area contributed by atoms with E-state index in [1.165, 1.54) is 0 Å². The van der Waals surface area contributed by atoms with E-state index >= 15 is 0 Å². The van der Waals surface area contributed by atoms with Crippen molar-refractivity contribution < 1.29 is 5.11 Å². The molecule has 0 radical (unpaired) electrons. The highest BCUT2D eigenvalue weighted by molar-refractivity contribution is 5.90. The number of rotatable bonds is 6. The first-order chi connectivity index (χ1) is 11.7. The second kappa shape index (κ2) is 7.27. The third-order valence-corrected chi connectivity index (χ3v) is 3.94. The average Bonchev–Trinajstić information content (AvgIpc) is 2.60. The second-order valence-electron chi connectivity index (χ2n) is 5.86. The molecule has 0 aliphatic heterocycles. The number of aromatic hydroxyl groups is 1. The van der Waals surface area contributed by atoms with Crippen LogP contribution >= 0.6 is 0 Å². The Morgan fingerprint density at radius 1 is 1.08 bits per heavy atom. The molecule has 0 fully saturated rings. The molecular weight excluding hydrogens is 300 g/mol. The lowest BCUT2D eigenvalue weighted by molar-refractivity contribution is 0.477. The van der Waals surface area contributed by atoms with Gasteiger partial charge in [0.1, 0.15) is 11.6 Å². The van der Waals surface area contributed by atoms with Crippen molar-refractivity contribution in [3.05, 3.63) is 48.5 Å². The molecule has 2 aromatic carbocycles. The second-order valence-corrected chi connectivity index (χ2v) is 5.86. The minimum atomic E-state index is 0.0808. The maximum Gasteiger partial charge on any atom is 0.165 e. The van der Waals surface area contributed by atoms with E-state index in [1.54, 1.807) is 12.1 Å². The van der Waals surface area contributed by atoms with Crippen LogP contribution in [0.5, 0.6) is 5.75 Å². The highest BCUT2D eigenvalue weighted by atomic mass is 16.3. The molecule has 3 rings (SSSR count). The summed E-state index contributed by atoms with van der Waals surface area (Å²) in [6.07, 6.45) is 2.01. The predicted molar refractivity (Wildman–Crippen MR) is 98.0 cm³/mol. The fourth-order valence-electron chi connectivity index (χ4n) is 2.70. The number of para-hydroxylation sites is 2. The van der Waals surface area contributed by atoms with Gasteiger partial charge in [-0.05, 0) is 30.7 Å². The Morgan fingerprint density at radius 2 is 1.83 bits per heavy atom. The summed E-state index contributed by atoms with van der Waals surface area (Å²) in [5.74, 6) is 1.41. The van der Waals surface area contributed by atoms with E-state index in [0.29, 0.717) is 17.9 Å². The first-order valence-corrected chi connectivity index (χ1v) is 8.23. The van der Waals surface area contributed by atoms with Crippen molar-refractivity contribution in [2.24, 2.45) is 5.73 Å². The minimum absolute atomic E-state index is 0.0808. The SMILES string of the molecule is CCC[C@@H](N)CNc1nc(-c2ccccc2O)nc2ccccc12. The summed E-state index contributed by atoms with van der Waals surface area (Å²) < 4.78 is 0. The van der Waals surface area contributed by atoms with Crippen LogP contribution in [0.15, 0.2) is 48.5 Å². The van der Waals surface area contributed by atoms with E-state index in [-0.39, 0.29) is 11.8 Å². The van der Waals surface area contributed by atoms with E-state index in [4.69, 9.17) is 5.73 Å². The van der Waals surface area contributed by atoms with Gasteiger partial charge < -0.3 is 16.2 Å². The molecule has 0 bridgehead atoms. The van der Waals surface area contributed by atoms with E-state index in [1.807, 2.05) is 36.4 Å². The standard InChI is InChI=1S/C19H22N4O/c1-2-7-13(20)12-21-18-14-8-3-5-10-16(14)22-19(23-18)15-9-4-6-11-17(15)24/h3-6,8-11,13,24H,2,7,12,20H2,1H3,(H,21,22,23)/t13-/m1/s1. The summed E-state index contributed by atoms with van der Waals surface area (Å²) in [6.45, 7) is 2.77. The molecule has 0 saturated heterocycles. The van der Waals surface area contributed by atoms with Crippen LogP contribution in [-0.2, 0) is 0 Å². The summed E-state index contributed by atoms with van der Waals surface area (Å²) in [5, 5.41) is 14.4. The number of phenols is 1. The Balaban J connectivity index is 2.02. The lowest BCUT2D eigenvalue weighted by atomic mass is 10.1. The zero-order valence-electron chi connectivity index (χ0n) is 13.7. The molecule has 0 unspecified atom stereocenters. The summed E-state index contributed by atoms with van der Waals surface area (Å²) >= 11 is 0. The predicted octanol–water partition coefficient (Wildman–Crippen LogP) is 3.54. The van der Waals surface area contributed by atoms with Crippen LogP contribution in [0.3, 0.4) is 0 Å². The van der Waals surface area contributed by atoms with Gasteiger partial charge in [0.25, 0.3) is 0 Å². The number of benzene rings is 2. The Kier molecular flexibility index (Phi) is 4.91. The molecular formula is C19H22N4O. The highest BCUT2D eigenvalue weighted by Crippen LogP contribution is 2.29. The summed E-state index contributed by atoms with van der Waals surface area (Å²) in [5.41, 5.74) is 7.55. The van der Waals surface area contributed by atoms with Crippen LogP contribution in [-0.4, -0.2) is 27.7 Å². The van der Waals surface area contributed by atoms with Crippen molar-refractivity contribution in [1.29, 1.82) is 0 Å². The van der Waals surface area contributed by atoms with E-state index in [9.17, 15) is 5.11 Å². The van der Waals surface area contributed by atoms with Gasteiger partial charge in [0.2, 0.25) is 0 Å². The number of fused-ring (bicyclic) bond motifs is 1. The molecule has 5 heteroatoms. The number of nitrogens with zero attached hydrogens (tertiary/aromatic N) is 2. The van der Waals surface area contributed by atoms with Gasteiger partial charge in [-0.1, -0.05) is 37.6 Å². The van der Waals surface area contributed by atoms with E-state index < -0.39 is 0 Å². The zero-order chi connectivity index (χ0) is 16.9. The minimum Gasteiger partial charge on any atom is -0.507 e. The first kappa shape index (κ1) is 16.2. The first-order valence-electron chi connectivity index (χ1n) is 8.23. The normalized spacial score (nSPS) is 12.2. The number of anilines is 1. The fraction of sp³-hybridized carbons (Fsp3) is 0.263. The fourth-order valence-corrected chi connectivity index (χ4v) is 2.70. The molecule has 1 heterocycles. The van der Waals surface area contributed by atoms with Gasteiger partial charge >= 0.3 is 0 Å². The Morgan fingerprint density at radius 3 is 2.62 bits per heavy atom. The number of nitrogens with one attached hydrogen (secondary N) is 1. The molecule has 0 aliphatic carbocycles. The Bertz CT molecular complexity index is 834. The molecule has 4 N–H and O–H groups in total. The van der Waals surface area contributed by atoms with Gasteiger partial charge in [-0.15, -0.1) is 0 Å². The Hall–Kier alpha value is -2.66. The van der Waals surface area contributed by atoms with Crippen LogP contribution in [0, 0.1) is 0 Å². The molecule has 5 nitrogen and oxygen atoms in total. The van der Waals surface area contributed by atoms with Crippen molar-refractivity contribution in [2.45, 2.75) is 25.8 Å². The molecule has 0 aliphatic rings. The monoisotopic (exact) mass is 322 g/mol. The molecule has 0 spiro atoms. The number of hydrogen-bond acceptors (Lipinski definition) is 5. The van der Waals surface area contributed by atoms with Crippen LogP contribution in [0.1, 0.15) is 19.8 Å². The third kappa shape index (κ3) is 3.46. The van der Waals surface area contributed by atoms with E-state index in [2.05, 4.69) is 22.2 Å². The van der Waals surface area contributed by atoms with Crippen molar-refractivity contribution in [3.63, 3.8) is 0 Å². The van der Waals surface area contributed by atoms with Crippen LogP contribution in [0.2, 0.25) is 0 Å². The summed E-state index contributed by atoms with van der Waals surface area (Å²) in [4.78, 5) is 9.21. The quantitative estimate of drug-likeness (QED) is 0.646.